The van der Waals surface area contributed by atoms with E-state index < -0.39 is 0 Å². The highest BCUT2D eigenvalue weighted by Gasteiger charge is 2.14. The van der Waals surface area contributed by atoms with Crippen LogP contribution in [-0.2, 0) is 4.74 Å². The SMILES string of the molecule is OCCOC(c1ccccc1)c1ccccn1. The first kappa shape index (κ1) is 11.8. The maximum atomic E-state index is 8.86. The Morgan fingerprint density at radius 3 is 2.47 bits per heavy atom. The van der Waals surface area contributed by atoms with Crippen molar-refractivity contribution in [1.29, 1.82) is 0 Å². The van der Waals surface area contributed by atoms with Crippen molar-refractivity contribution in [2.75, 3.05) is 13.2 Å². The minimum absolute atomic E-state index is 0.0101. The van der Waals surface area contributed by atoms with Gasteiger partial charge in [-0.25, -0.2) is 0 Å². The predicted molar refractivity (Wildman–Crippen MR) is 65.6 cm³/mol. The number of aromatic nitrogens is 1. The smallest absolute Gasteiger partial charge is 0.125 e. The molecule has 2 rings (SSSR count). The standard InChI is InChI=1S/C14H15NO2/c16-10-11-17-14(12-6-2-1-3-7-12)13-8-4-5-9-15-13/h1-9,14,16H,10-11H2. The molecule has 1 aromatic carbocycles. The monoisotopic (exact) mass is 229 g/mol. The molecule has 1 N–H and O–H groups in total. The normalized spacial score (nSPS) is 12.3. The summed E-state index contributed by atoms with van der Waals surface area (Å²) in [6.45, 7) is 0.312. The van der Waals surface area contributed by atoms with Crippen LogP contribution in [0.25, 0.3) is 0 Å². The van der Waals surface area contributed by atoms with Gasteiger partial charge >= 0.3 is 0 Å². The van der Waals surface area contributed by atoms with Gasteiger partial charge in [-0.05, 0) is 17.7 Å². The second kappa shape index (κ2) is 6.13. The van der Waals surface area contributed by atoms with Crippen LogP contribution in [0.5, 0.6) is 0 Å². The van der Waals surface area contributed by atoms with Crippen LogP contribution >= 0.6 is 0 Å². The Morgan fingerprint density at radius 2 is 1.82 bits per heavy atom. The van der Waals surface area contributed by atoms with Crippen LogP contribution in [0, 0.1) is 0 Å². The molecule has 0 radical (unpaired) electrons. The lowest BCUT2D eigenvalue weighted by atomic mass is 10.1. The summed E-state index contributed by atoms with van der Waals surface area (Å²) in [5, 5.41) is 8.86. The molecule has 0 amide bonds. The Bertz CT molecular complexity index is 391. The lowest BCUT2D eigenvalue weighted by molar-refractivity contribution is 0.0480. The van der Waals surface area contributed by atoms with E-state index in [9.17, 15) is 0 Å². The van der Waals surface area contributed by atoms with E-state index in [1.54, 1.807) is 6.20 Å². The molecule has 1 heterocycles. The molecule has 2 aromatic rings. The van der Waals surface area contributed by atoms with E-state index in [0.29, 0.717) is 6.61 Å². The van der Waals surface area contributed by atoms with Crippen molar-refractivity contribution in [2.45, 2.75) is 6.10 Å². The number of benzene rings is 1. The van der Waals surface area contributed by atoms with Crippen molar-refractivity contribution in [2.24, 2.45) is 0 Å². The molecule has 0 aliphatic rings. The van der Waals surface area contributed by atoms with E-state index in [-0.39, 0.29) is 12.7 Å². The quantitative estimate of drug-likeness (QED) is 0.854. The van der Waals surface area contributed by atoms with E-state index in [4.69, 9.17) is 9.84 Å². The fourth-order valence-corrected chi connectivity index (χ4v) is 1.68. The molecule has 0 fully saturated rings. The van der Waals surface area contributed by atoms with Gasteiger partial charge in [0.05, 0.1) is 18.9 Å². The van der Waals surface area contributed by atoms with E-state index >= 15 is 0 Å². The second-order valence-corrected chi connectivity index (χ2v) is 3.64. The van der Waals surface area contributed by atoms with Crippen LogP contribution in [0.15, 0.2) is 54.7 Å². The highest BCUT2D eigenvalue weighted by atomic mass is 16.5. The van der Waals surface area contributed by atoms with Gasteiger partial charge in [0.25, 0.3) is 0 Å². The number of pyridine rings is 1. The molecule has 0 bridgehead atoms. The molecule has 3 nitrogen and oxygen atoms in total. The number of nitrogens with zero attached hydrogens (tertiary/aromatic N) is 1. The number of ether oxygens (including phenoxy) is 1. The van der Waals surface area contributed by atoms with Gasteiger partial charge in [-0.15, -0.1) is 0 Å². The van der Waals surface area contributed by atoms with Gasteiger partial charge in [0.15, 0.2) is 0 Å². The summed E-state index contributed by atoms with van der Waals surface area (Å²) in [6.07, 6.45) is 1.53. The number of aliphatic hydroxyl groups is 1. The lowest BCUT2D eigenvalue weighted by Crippen LogP contribution is -2.10. The maximum absolute atomic E-state index is 8.86. The van der Waals surface area contributed by atoms with Gasteiger partial charge in [0.2, 0.25) is 0 Å². The predicted octanol–water partition coefficient (Wildman–Crippen LogP) is 2.18. The Balaban J connectivity index is 2.26. The Morgan fingerprint density at radius 1 is 1.06 bits per heavy atom. The van der Waals surface area contributed by atoms with E-state index in [0.717, 1.165) is 11.3 Å². The molecular formula is C14H15NO2. The average molecular weight is 229 g/mol. The average Bonchev–Trinajstić information content (AvgIpc) is 2.42. The number of hydrogen-bond donors (Lipinski definition) is 1. The van der Waals surface area contributed by atoms with Crippen LogP contribution in [-0.4, -0.2) is 23.3 Å². The summed E-state index contributed by atoms with van der Waals surface area (Å²) >= 11 is 0. The van der Waals surface area contributed by atoms with Crippen molar-refractivity contribution >= 4 is 0 Å². The van der Waals surface area contributed by atoms with Gasteiger partial charge < -0.3 is 9.84 Å². The minimum Gasteiger partial charge on any atom is -0.394 e. The zero-order chi connectivity index (χ0) is 11.9. The van der Waals surface area contributed by atoms with Gasteiger partial charge in [0, 0.05) is 6.20 Å². The maximum Gasteiger partial charge on any atom is 0.125 e. The largest absolute Gasteiger partial charge is 0.394 e. The van der Waals surface area contributed by atoms with E-state index in [1.165, 1.54) is 0 Å². The van der Waals surface area contributed by atoms with Gasteiger partial charge in [-0.3, -0.25) is 4.98 Å². The van der Waals surface area contributed by atoms with Crippen molar-refractivity contribution in [3.8, 4) is 0 Å². The molecule has 3 heteroatoms. The van der Waals surface area contributed by atoms with Gasteiger partial charge in [-0.2, -0.15) is 0 Å². The number of hydrogen-bond acceptors (Lipinski definition) is 3. The van der Waals surface area contributed by atoms with Crippen molar-refractivity contribution in [3.05, 3.63) is 66.0 Å². The van der Waals surface area contributed by atoms with E-state index in [1.807, 2.05) is 48.5 Å². The molecule has 0 aliphatic carbocycles. The third kappa shape index (κ3) is 3.12. The van der Waals surface area contributed by atoms with Crippen molar-refractivity contribution in [3.63, 3.8) is 0 Å². The Hall–Kier alpha value is -1.71. The summed E-state index contributed by atoms with van der Waals surface area (Å²) in [5.74, 6) is 0. The van der Waals surface area contributed by atoms with E-state index in [2.05, 4.69) is 4.98 Å². The molecule has 1 unspecified atom stereocenters. The topological polar surface area (TPSA) is 42.4 Å². The highest BCUT2D eigenvalue weighted by molar-refractivity contribution is 5.25. The fourth-order valence-electron chi connectivity index (χ4n) is 1.68. The summed E-state index contributed by atoms with van der Waals surface area (Å²) in [5.41, 5.74) is 1.90. The molecule has 0 aliphatic heterocycles. The molecule has 0 saturated heterocycles. The van der Waals surface area contributed by atoms with Crippen LogP contribution < -0.4 is 0 Å². The van der Waals surface area contributed by atoms with Crippen LogP contribution in [0.3, 0.4) is 0 Å². The molecule has 1 aromatic heterocycles. The first-order chi connectivity index (χ1) is 8.42. The Kier molecular flexibility index (Phi) is 4.24. The second-order valence-electron chi connectivity index (χ2n) is 3.64. The van der Waals surface area contributed by atoms with Gasteiger partial charge in [0.1, 0.15) is 6.10 Å². The summed E-state index contributed by atoms with van der Waals surface area (Å²) in [7, 11) is 0. The molecule has 0 saturated carbocycles. The zero-order valence-corrected chi connectivity index (χ0v) is 9.49. The summed E-state index contributed by atoms with van der Waals surface area (Å²) < 4.78 is 5.65. The van der Waals surface area contributed by atoms with Crippen molar-refractivity contribution < 1.29 is 9.84 Å². The fraction of sp³-hybridized carbons (Fsp3) is 0.214. The van der Waals surface area contributed by atoms with Crippen LogP contribution in [0.4, 0.5) is 0 Å². The molecule has 88 valence electrons. The molecule has 0 spiro atoms. The minimum atomic E-state index is -0.218. The molecular weight excluding hydrogens is 214 g/mol. The first-order valence-corrected chi connectivity index (χ1v) is 5.60. The summed E-state index contributed by atoms with van der Waals surface area (Å²) in [4.78, 5) is 4.30. The third-order valence-corrected chi connectivity index (χ3v) is 2.43. The molecule has 1 atom stereocenters. The number of aliphatic hydroxyl groups excluding tert-OH is 1. The van der Waals surface area contributed by atoms with Crippen LogP contribution in [0.2, 0.25) is 0 Å². The summed E-state index contributed by atoms with van der Waals surface area (Å²) in [6, 6.07) is 15.6. The Labute approximate surface area is 101 Å². The third-order valence-electron chi connectivity index (χ3n) is 2.43. The van der Waals surface area contributed by atoms with Crippen molar-refractivity contribution in [1.82, 2.24) is 4.98 Å². The van der Waals surface area contributed by atoms with Crippen LogP contribution in [0.1, 0.15) is 17.4 Å². The first-order valence-electron chi connectivity index (χ1n) is 5.60. The highest BCUT2D eigenvalue weighted by Crippen LogP contribution is 2.23. The molecule has 17 heavy (non-hydrogen) atoms. The zero-order valence-electron chi connectivity index (χ0n) is 9.49. The lowest BCUT2D eigenvalue weighted by Gasteiger charge is -2.17. The number of rotatable bonds is 5. The van der Waals surface area contributed by atoms with Gasteiger partial charge in [-0.1, -0.05) is 36.4 Å².